The first-order valence-electron chi connectivity index (χ1n) is 5.06. The van der Waals surface area contributed by atoms with Gasteiger partial charge in [0, 0.05) is 17.6 Å². The molecule has 1 N–H and O–H groups in total. The van der Waals surface area contributed by atoms with Crippen LogP contribution in [-0.2, 0) is 6.42 Å². The van der Waals surface area contributed by atoms with Crippen molar-refractivity contribution in [1.29, 1.82) is 5.26 Å². The summed E-state index contributed by atoms with van der Waals surface area (Å²) in [6.45, 7) is 2.07. The molecule has 1 aromatic heterocycles. The van der Waals surface area contributed by atoms with Gasteiger partial charge in [-0.15, -0.1) is 0 Å². The van der Waals surface area contributed by atoms with E-state index in [1.165, 1.54) is 0 Å². The number of imidazole rings is 1. The van der Waals surface area contributed by atoms with Crippen molar-refractivity contribution in [3.8, 4) is 11.8 Å². The Hall–Kier alpha value is -1.86. The molecule has 80 valence electrons. The number of H-pyrrole nitrogens is 1. The second-order valence-electron chi connectivity index (χ2n) is 3.44. The number of hydrogen-bond donors (Lipinski definition) is 1. The summed E-state index contributed by atoms with van der Waals surface area (Å²) in [5, 5.41) is 8.86. The van der Waals surface area contributed by atoms with Gasteiger partial charge in [0.15, 0.2) is 4.77 Å². The molecule has 4 heteroatoms. The van der Waals surface area contributed by atoms with Gasteiger partial charge in [0.2, 0.25) is 0 Å². The number of nitrogens with zero attached hydrogens (tertiary/aromatic N) is 2. The molecule has 0 aliphatic carbocycles. The minimum atomic E-state index is 0.641. The molecule has 2 rings (SSSR count). The largest absolute Gasteiger partial charge is 0.337 e. The molecule has 3 nitrogen and oxygen atoms in total. The molecule has 0 radical (unpaired) electrons. The molecule has 0 aliphatic heterocycles. The van der Waals surface area contributed by atoms with Gasteiger partial charge < -0.3 is 4.98 Å². The molecule has 0 amide bonds. The number of nitrogens with one attached hydrogen (secondary N) is 1. The molecular weight excluding hydrogens is 218 g/mol. The Morgan fingerprint density at radius 1 is 1.50 bits per heavy atom. The predicted octanol–water partition coefficient (Wildman–Crippen LogP) is 2.97. The molecule has 0 bridgehead atoms. The van der Waals surface area contributed by atoms with Gasteiger partial charge in [0.1, 0.15) is 0 Å². The van der Waals surface area contributed by atoms with Crippen LogP contribution in [0.5, 0.6) is 0 Å². The quantitative estimate of drug-likeness (QED) is 0.805. The van der Waals surface area contributed by atoms with E-state index in [1.54, 1.807) is 6.07 Å². The third-order valence-electron chi connectivity index (χ3n) is 2.45. The molecule has 0 atom stereocenters. The van der Waals surface area contributed by atoms with Gasteiger partial charge in [-0.05, 0) is 36.8 Å². The van der Waals surface area contributed by atoms with Gasteiger partial charge in [0.05, 0.1) is 11.6 Å². The highest BCUT2D eigenvalue weighted by molar-refractivity contribution is 7.71. The zero-order chi connectivity index (χ0) is 11.5. The Morgan fingerprint density at radius 3 is 3.00 bits per heavy atom. The zero-order valence-electron chi connectivity index (χ0n) is 8.90. The van der Waals surface area contributed by atoms with Crippen molar-refractivity contribution in [2.45, 2.75) is 13.3 Å². The maximum absolute atomic E-state index is 8.86. The maximum Gasteiger partial charge on any atom is 0.182 e. The van der Waals surface area contributed by atoms with Crippen molar-refractivity contribution < 1.29 is 0 Å². The van der Waals surface area contributed by atoms with E-state index in [4.69, 9.17) is 17.5 Å². The first-order chi connectivity index (χ1) is 7.76. The molecule has 0 fully saturated rings. The van der Waals surface area contributed by atoms with E-state index in [1.807, 2.05) is 29.0 Å². The molecular formula is C12H11N3S. The number of aromatic amines is 1. The highest BCUT2D eigenvalue weighted by Crippen LogP contribution is 2.14. The van der Waals surface area contributed by atoms with Crippen LogP contribution in [0.25, 0.3) is 5.69 Å². The standard InChI is InChI=1S/C12H11N3S/c1-2-10-8-14-12(16)15(10)11-5-3-4-9(6-11)7-13/h3-6,8H,2H2,1H3,(H,14,16). The van der Waals surface area contributed by atoms with Crippen LogP contribution in [0.15, 0.2) is 30.5 Å². The Labute approximate surface area is 99.0 Å². The zero-order valence-corrected chi connectivity index (χ0v) is 9.71. The summed E-state index contributed by atoms with van der Waals surface area (Å²) < 4.78 is 2.61. The fourth-order valence-electron chi connectivity index (χ4n) is 1.66. The van der Waals surface area contributed by atoms with Gasteiger partial charge in [0.25, 0.3) is 0 Å². The third kappa shape index (κ3) is 1.77. The minimum absolute atomic E-state index is 0.641. The number of rotatable bonds is 2. The van der Waals surface area contributed by atoms with E-state index in [0.717, 1.165) is 17.8 Å². The fourth-order valence-corrected chi connectivity index (χ4v) is 1.94. The minimum Gasteiger partial charge on any atom is -0.337 e. The third-order valence-corrected chi connectivity index (χ3v) is 2.75. The van der Waals surface area contributed by atoms with Crippen LogP contribution in [-0.4, -0.2) is 9.55 Å². The molecule has 1 heterocycles. The van der Waals surface area contributed by atoms with Gasteiger partial charge in [-0.3, -0.25) is 4.57 Å². The second-order valence-corrected chi connectivity index (χ2v) is 3.82. The SMILES string of the molecule is CCc1c[nH]c(=S)n1-c1cccc(C#N)c1. The van der Waals surface area contributed by atoms with E-state index in [0.29, 0.717) is 10.3 Å². The Kier molecular flexibility index (Phi) is 2.88. The number of aromatic nitrogens is 2. The first-order valence-corrected chi connectivity index (χ1v) is 5.47. The Balaban J connectivity index is 2.63. The molecule has 0 saturated heterocycles. The summed E-state index contributed by atoms with van der Waals surface area (Å²) in [6, 6.07) is 9.56. The number of benzene rings is 1. The molecule has 2 aromatic rings. The summed E-state index contributed by atoms with van der Waals surface area (Å²) in [7, 11) is 0. The van der Waals surface area contributed by atoms with Crippen molar-refractivity contribution in [2.24, 2.45) is 0 Å². The van der Waals surface area contributed by atoms with Gasteiger partial charge in [-0.25, -0.2) is 0 Å². The van der Waals surface area contributed by atoms with Crippen LogP contribution < -0.4 is 0 Å². The van der Waals surface area contributed by atoms with E-state index < -0.39 is 0 Å². The number of aryl methyl sites for hydroxylation is 1. The van der Waals surface area contributed by atoms with Crippen LogP contribution in [0.2, 0.25) is 0 Å². The van der Waals surface area contributed by atoms with E-state index in [2.05, 4.69) is 18.0 Å². The first kappa shape index (κ1) is 10.7. The monoisotopic (exact) mass is 229 g/mol. The lowest BCUT2D eigenvalue weighted by molar-refractivity contribution is 0.922. The normalized spacial score (nSPS) is 10.0. The number of hydrogen-bond acceptors (Lipinski definition) is 2. The Bertz CT molecular complexity index is 601. The lowest BCUT2D eigenvalue weighted by Gasteiger charge is -2.06. The van der Waals surface area contributed by atoms with Crippen molar-refractivity contribution in [3.63, 3.8) is 0 Å². The van der Waals surface area contributed by atoms with Crippen LogP contribution >= 0.6 is 12.2 Å². The van der Waals surface area contributed by atoms with Gasteiger partial charge in [-0.1, -0.05) is 13.0 Å². The molecule has 16 heavy (non-hydrogen) atoms. The predicted molar refractivity (Wildman–Crippen MR) is 65.0 cm³/mol. The van der Waals surface area contributed by atoms with Crippen molar-refractivity contribution >= 4 is 12.2 Å². The van der Waals surface area contributed by atoms with Gasteiger partial charge >= 0.3 is 0 Å². The summed E-state index contributed by atoms with van der Waals surface area (Å²) in [4.78, 5) is 3.02. The topological polar surface area (TPSA) is 44.5 Å². The van der Waals surface area contributed by atoms with Crippen LogP contribution in [0.4, 0.5) is 0 Å². The van der Waals surface area contributed by atoms with Crippen molar-refractivity contribution in [1.82, 2.24) is 9.55 Å². The number of nitriles is 1. The highest BCUT2D eigenvalue weighted by Gasteiger charge is 2.04. The Morgan fingerprint density at radius 2 is 2.31 bits per heavy atom. The van der Waals surface area contributed by atoms with Crippen LogP contribution in [0.1, 0.15) is 18.2 Å². The maximum atomic E-state index is 8.86. The van der Waals surface area contributed by atoms with Gasteiger partial charge in [-0.2, -0.15) is 5.26 Å². The molecule has 1 aromatic carbocycles. The lowest BCUT2D eigenvalue weighted by atomic mass is 10.2. The summed E-state index contributed by atoms with van der Waals surface area (Å²) in [6.07, 6.45) is 2.80. The van der Waals surface area contributed by atoms with E-state index in [-0.39, 0.29) is 0 Å². The summed E-state index contributed by atoms with van der Waals surface area (Å²) >= 11 is 5.23. The lowest BCUT2D eigenvalue weighted by Crippen LogP contribution is -1.99. The molecule has 0 unspecified atom stereocenters. The smallest absolute Gasteiger partial charge is 0.182 e. The summed E-state index contributed by atoms with van der Waals surface area (Å²) in [5.41, 5.74) is 2.69. The average molecular weight is 229 g/mol. The van der Waals surface area contributed by atoms with Crippen molar-refractivity contribution in [3.05, 3.63) is 46.5 Å². The molecule has 0 saturated carbocycles. The van der Waals surface area contributed by atoms with Crippen LogP contribution in [0, 0.1) is 16.1 Å². The van der Waals surface area contributed by atoms with Crippen LogP contribution in [0.3, 0.4) is 0 Å². The average Bonchev–Trinajstić information content (AvgIpc) is 2.70. The van der Waals surface area contributed by atoms with Crippen molar-refractivity contribution in [2.75, 3.05) is 0 Å². The second kappa shape index (κ2) is 4.33. The fraction of sp³-hybridized carbons (Fsp3) is 0.167. The van der Waals surface area contributed by atoms with E-state index in [9.17, 15) is 0 Å². The highest BCUT2D eigenvalue weighted by atomic mass is 32.1. The molecule has 0 spiro atoms. The van der Waals surface area contributed by atoms with E-state index >= 15 is 0 Å². The molecule has 0 aliphatic rings. The summed E-state index contributed by atoms with van der Waals surface area (Å²) in [5.74, 6) is 0.